The van der Waals surface area contributed by atoms with Crippen molar-refractivity contribution in [1.29, 1.82) is 0 Å². The summed E-state index contributed by atoms with van der Waals surface area (Å²) >= 11 is 0. The molecule has 31 heavy (non-hydrogen) atoms. The van der Waals surface area contributed by atoms with Crippen LogP contribution >= 0.6 is 0 Å². The fourth-order valence-electron chi connectivity index (χ4n) is 7.17. The van der Waals surface area contributed by atoms with E-state index in [0.717, 1.165) is 50.5 Å². The first-order valence-corrected chi connectivity index (χ1v) is 11.8. The summed E-state index contributed by atoms with van der Waals surface area (Å²) in [6.45, 7) is 5.81. The molecule has 0 aliphatic heterocycles. The van der Waals surface area contributed by atoms with Gasteiger partial charge in [-0.25, -0.2) is 0 Å². The van der Waals surface area contributed by atoms with Gasteiger partial charge >= 0.3 is 0 Å². The molecule has 2 nitrogen and oxygen atoms in total. The van der Waals surface area contributed by atoms with Crippen LogP contribution in [0, 0.1) is 29.1 Å². The highest BCUT2D eigenvalue weighted by atomic mass is 16.3. The third-order valence-electron chi connectivity index (χ3n) is 8.58. The number of ketones is 1. The van der Waals surface area contributed by atoms with Crippen LogP contribution in [0.3, 0.4) is 0 Å². The van der Waals surface area contributed by atoms with Gasteiger partial charge in [-0.2, -0.15) is 0 Å². The van der Waals surface area contributed by atoms with Crippen molar-refractivity contribution in [3.63, 3.8) is 0 Å². The number of allylic oxidation sites excluding steroid dienone is 4. The lowest BCUT2D eigenvalue weighted by Gasteiger charge is -2.53. The van der Waals surface area contributed by atoms with Crippen LogP contribution in [-0.2, 0) is 4.79 Å². The van der Waals surface area contributed by atoms with E-state index in [1.54, 1.807) is 5.57 Å². The highest BCUT2D eigenvalue weighted by Crippen LogP contribution is 2.65. The fraction of sp³-hybridized carbons (Fsp3) is 0.483. The molecule has 2 fully saturated rings. The van der Waals surface area contributed by atoms with E-state index in [1.807, 2.05) is 19.1 Å². The predicted octanol–water partition coefficient (Wildman–Crippen LogP) is 5.98. The first-order valence-electron chi connectivity index (χ1n) is 11.8. The van der Waals surface area contributed by atoms with Gasteiger partial charge in [-0.05, 0) is 85.6 Å². The van der Waals surface area contributed by atoms with Crippen LogP contribution in [0.2, 0.25) is 0 Å². The molecule has 160 valence electrons. The summed E-state index contributed by atoms with van der Waals surface area (Å²) in [4.78, 5) is 12.1. The summed E-state index contributed by atoms with van der Waals surface area (Å²) in [5, 5.41) is 11.3. The van der Waals surface area contributed by atoms with Gasteiger partial charge < -0.3 is 5.11 Å². The zero-order valence-electron chi connectivity index (χ0n) is 18.5. The summed E-state index contributed by atoms with van der Waals surface area (Å²) in [7, 11) is 0. The lowest BCUT2D eigenvalue weighted by molar-refractivity contribution is -0.114. The van der Waals surface area contributed by atoms with Crippen LogP contribution in [-0.4, -0.2) is 17.0 Å². The topological polar surface area (TPSA) is 37.3 Å². The molecule has 0 heterocycles. The molecule has 0 saturated heterocycles. The lowest BCUT2D eigenvalue weighted by atomic mass is 9.51. The molecule has 0 amide bonds. The number of aliphatic hydroxyl groups is 1. The van der Waals surface area contributed by atoms with Crippen LogP contribution in [0.1, 0.15) is 75.3 Å². The van der Waals surface area contributed by atoms with E-state index >= 15 is 0 Å². The Labute approximate surface area is 186 Å². The van der Waals surface area contributed by atoms with Crippen molar-refractivity contribution in [2.75, 3.05) is 0 Å². The van der Waals surface area contributed by atoms with Crippen LogP contribution in [0.25, 0.3) is 6.08 Å². The van der Waals surface area contributed by atoms with Gasteiger partial charge in [0, 0.05) is 24.2 Å². The van der Waals surface area contributed by atoms with E-state index in [1.165, 1.54) is 16.7 Å². The molecule has 0 spiro atoms. The molecule has 4 aliphatic rings. The number of fused-ring (bicyclic) bond motifs is 4. The van der Waals surface area contributed by atoms with Crippen LogP contribution in [0.4, 0.5) is 0 Å². The molecule has 1 aromatic carbocycles. The number of rotatable bonds is 3. The van der Waals surface area contributed by atoms with Gasteiger partial charge in [-0.3, -0.25) is 4.79 Å². The summed E-state index contributed by atoms with van der Waals surface area (Å²) in [5.41, 5.74) is 6.67. The minimum atomic E-state index is -0.273. The maximum absolute atomic E-state index is 12.1. The Balaban J connectivity index is 1.68. The van der Waals surface area contributed by atoms with Gasteiger partial charge in [-0.15, -0.1) is 11.8 Å². The number of hydrogen-bond acceptors (Lipinski definition) is 2. The van der Waals surface area contributed by atoms with Gasteiger partial charge in [0.2, 0.25) is 0 Å². The Hall–Kier alpha value is -2.37. The van der Waals surface area contributed by atoms with Crippen molar-refractivity contribution in [1.82, 2.24) is 0 Å². The van der Waals surface area contributed by atoms with Crippen molar-refractivity contribution in [2.45, 2.75) is 70.3 Å². The van der Waals surface area contributed by atoms with Crippen molar-refractivity contribution in [3.8, 4) is 11.8 Å². The number of aliphatic hydroxyl groups excluding tert-OH is 1. The van der Waals surface area contributed by atoms with Gasteiger partial charge in [0.25, 0.3) is 0 Å². The first kappa shape index (κ1) is 20.5. The Morgan fingerprint density at radius 3 is 2.71 bits per heavy atom. The van der Waals surface area contributed by atoms with E-state index in [-0.39, 0.29) is 17.3 Å². The second-order valence-corrected chi connectivity index (χ2v) is 9.88. The second kappa shape index (κ2) is 7.95. The van der Waals surface area contributed by atoms with Crippen LogP contribution in [0.15, 0.2) is 53.6 Å². The molecule has 2 saturated carbocycles. The normalized spacial score (nSPS) is 34.1. The molecule has 5 rings (SSSR count). The van der Waals surface area contributed by atoms with Crippen molar-refractivity contribution < 1.29 is 9.90 Å². The smallest absolute Gasteiger partial charge is 0.156 e. The average Bonchev–Trinajstić information content (AvgIpc) is 3.13. The largest absolute Gasteiger partial charge is 0.393 e. The first-order chi connectivity index (χ1) is 15.1. The maximum atomic E-state index is 12.1. The highest BCUT2D eigenvalue weighted by Gasteiger charge is 2.58. The minimum Gasteiger partial charge on any atom is -0.393 e. The highest BCUT2D eigenvalue weighted by molar-refractivity contribution is 5.93. The van der Waals surface area contributed by atoms with Crippen molar-refractivity contribution in [2.24, 2.45) is 17.3 Å². The summed E-state index contributed by atoms with van der Waals surface area (Å²) < 4.78 is 0. The molecule has 0 radical (unpaired) electrons. The number of carbonyl (C=O) groups excluding carboxylic acids is 1. The monoisotopic (exact) mass is 412 g/mol. The number of benzene rings is 1. The Bertz CT molecular complexity index is 1030. The van der Waals surface area contributed by atoms with E-state index < -0.39 is 0 Å². The maximum Gasteiger partial charge on any atom is 0.156 e. The molecule has 1 N–H and O–H groups in total. The minimum absolute atomic E-state index is 0.120. The van der Waals surface area contributed by atoms with Gasteiger partial charge in [0.15, 0.2) is 5.78 Å². The zero-order chi connectivity index (χ0) is 21.6. The third-order valence-corrected chi connectivity index (χ3v) is 8.58. The lowest BCUT2D eigenvalue weighted by Crippen LogP contribution is -2.46. The Kier molecular flexibility index (Phi) is 5.27. The van der Waals surface area contributed by atoms with Gasteiger partial charge in [0.1, 0.15) is 0 Å². The summed E-state index contributed by atoms with van der Waals surface area (Å²) in [6.07, 6.45) is 10.9. The van der Waals surface area contributed by atoms with E-state index in [9.17, 15) is 9.90 Å². The van der Waals surface area contributed by atoms with Gasteiger partial charge in [-0.1, -0.05) is 42.5 Å². The quantitative estimate of drug-likeness (QED) is 0.620. The van der Waals surface area contributed by atoms with Crippen molar-refractivity contribution in [3.05, 3.63) is 64.8 Å². The molecule has 0 unspecified atom stereocenters. The standard InChI is InChI=1S/C29H32O2/c1-3-5-16-29-18-25(20-8-6-19(4-2)7-9-20)28-23-13-11-22(30)17-21(23)10-12-24(28)26(29)14-15-27(29)31/h4,6-9,17,24-27,31H,2,10-16,18H2,1H3/t24-,25+,26-,27-,29-/m0/s1. The van der Waals surface area contributed by atoms with Gasteiger partial charge in [0.05, 0.1) is 6.10 Å². The Morgan fingerprint density at radius 1 is 1.16 bits per heavy atom. The molecule has 2 heteroatoms. The third kappa shape index (κ3) is 3.26. The number of hydrogen-bond donors (Lipinski definition) is 1. The zero-order valence-corrected chi connectivity index (χ0v) is 18.5. The molecule has 0 bridgehead atoms. The molecular formula is C29H32O2. The second-order valence-electron chi connectivity index (χ2n) is 9.88. The summed E-state index contributed by atoms with van der Waals surface area (Å²) in [6, 6.07) is 8.81. The van der Waals surface area contributed by atoms with E-state index in [2.05, 4.69) is 42.7 Å². The molecule has 5 atom stereocenters. The number of carbonyl (C=O) groups is 1. The van der Waals surface area contributed by atoms with Crippen LogP contribution < -0.4 is 0 Å². The molecule has 0 aromatic heterocycles. The van der Waals surface area contributed by atoms with E-state index in [4.69, 9.17) is 0 Å². The SMILES string of the molecule is C=Cc1ccc([C@H]2C[C@]3(CC#CC)[C@@H](O)CC[C@H]3[C@@H]3CCC4=CC(=O)CCC4=C32)cc1. The molecule has 4 aliphatic carbocycles. The van der Waals surface area contributed by atoms with Crippen LogP contribution in [0.5, 0.6) is 0 Å². The summed E-state index contributed by atoms with van der Waals surface area (Å²) in [5.74, 6) is 8.03. The van der Waals surface area contributed by atoms with E-state index in [0.29, 0.717) is 24.2 Å². The average molecular weight is 413 g/mol. The Morgan fingerprint density at radius 2 is 1.97 bits per heavy atom. The molecule has 1 aromatic rings. The predicted molar refractivity (Wildman–Crippen MR) is 125 cm³/mol. The fourth-order valence-corrected chi connectivity index (χ4v) is 7.17. The van der Waals surface area contributed by atoms with Crippen molar-refractivity contribution >= 4 is 11.9 Å². The molecular weight excluding hydrogens is 380 g/mol.